The summed E-state index contributed by atoms with van der Waals surface area (Å²) in [5.74, 6) is -2.48. The second-order valence-electron chi connectivity index (χ2n) is 7.04. The maximum absolute atomic E-state index is 12.3. The van der Waals surface area contributed by atoms with Crippen molar-refractivity contribution in [3.63, 3.8) is 0 Å². The van der Waals surface area contributed by atoms with Gasteiger partial charge in [0.1, 0.15) is 0 Å². The van der Waals surface area contributed by atoms with Crippen molar-refractivity contribution in [3.8, 4) is 0 Å². The standard InChI is InChI=1S/C22H22N2O5/c1-14-8-9-17(10-15(14)2)19(25)13-29-22(28)18-11-20(26)24(12-18)23-21(27)16-6-4-3-5-7-16/h3-10,18H,11-13H2,1-2H3,(H,23,27). The van der Waals surface area contributed by atoms with E-state index in [0.29, 0.717) is 11.1 Å². The van der Waals surface area contributed by atoms with Crippen LogP contribution < -0.4 is 5.43 Å². The number of amides is 2. The van der Waals surface area contributed by atoms with Gasteiger partial charge < -0.3 is 4.74 Å². The molecule has 0 bridgehead atoms. The third-order valence-electron chi connectivity index (χ3n) is 4.91. The summed E-state index contributed by atoms with van der Waals surface area (Å²) in [6, 6.07) is 13.8. The predicted molar refractivity (Wildman–Crippen MR) is 105 cm³/mol. The Balaban J connectivity index is 1.52. The number of rotatable bonds is 6. The van der Waals surface area contributed by atoms with E-state index in [1.54, 1.807) is 42.5 Å². The summed E-state index contributed by atoms with van der Waals surface area (Å²) in [6.45, 7) is 3.47. The first-order chi connectivity index (χ1) is 13.8. The number of hydrogen-bond donors (Lipinski definition) is 1. The van der Waals surface area contributed by atoms with Gasteiger partial charge in [0.2, 0.25) is 5.91 Å². The van der Waals surface area contributed by atoms with Crippen molar-refractivity contribution < 1.29 is 23.9 Å². The quantitative estimate of drug-likeness (QED) is 0.599. The van der Waals surface area contributed by atoms with Crippen LogP contribution in [0.2, 0.25) is 0 Å². The van der Waals surface area contributed by atoms with Crippen LogP contribution in [0.3, 0.4) is 0 Å². The molecule has 0 aliphatic carbocycles. The third-order valence-corrected chi connectivity index (χ3v) is 4.91. The van der Waals surface area contributed by atoms with Crippen LogP contribution in [0.15, 0.2) is 48.5 Å². The van der Waals surface area contributed by atoms with Gasteiger partial charge in [0.25, 0.3) is 5.91 Å². The van der Waals surface area contributed by atoms with Crippen molar-refractivity contribution >= 4 is 23.6 Å². The lowest BCUT2D eigenvalue weighted by Gasteiger charge is -2.17. The monoisotopic (exact) mass is 394 g/mol. The minimum Gasteiger partial charge on any atom is -0.457 e. The van der Waals surface area contributed by atoms with E-state index in [9.17, 15) is 19.2 Å². The SMILES string of the molecule is Cc1ccc(C(=O)COC(=O)C2CC(=O)N(NC(=O)c3ccccc3)C2)cc1C. The number of ketones is 1. The first kappa shape index (κ1) is 20.3. The van der Waals surface area contributed by atoms with Crippen LogP contribution in [0.4, 0.5) is 0 Å². The van der Waals surface area contributed by atoms with E-state index in [4.69, 9.17) is 4.74 Å². The topological polar surface area (TPSA) is 92.8 Å². The molecule has 150 valence electrons. The highest BCUT2D eigenvalue weighted by Crippen LogP contribution is 2.18. The zero-order chi connectivity index (χ0) is 21.0. The lowest BCUT2D eigenvalue weighted by molar-refractivity contribution is -0.147. The first-order valence-corrected chi connectivity index (χ1v) is 9.28. The molecule has 1 fully saturated rings. The number of nitrogens with one attached hydrogen (secondary N) is 1. The van der Waals surface area contributed by atoms with Crippen LogP contribution >= 0.6 is 0 Å². The molecule has 1 atom stereocenters. The normalized spacial score (nSPS) is 15.9. The number of carbonyl (C=O) groups is 4. The smallest absolute Gasteiger partial charge is 0.311 e. The van der Waals surface area contributed by atoms with Gasteiger partial charge >= 0.3 is 5.97 Å². The zero-order valence-corrected chi connectivity index (χ0v) is 16.3. The third kappa shape index (κ3) is 4.87. The lowest BCUT2D eigenvalue weighted by Crippen LogP contribution is -2.43. The molecule has 7 heteroatoms. The van der Waals surface area contributed by atoms with Gasteiger partial charge in [0.15, 0.2) is 12.4 Å². The number of ether oxygens (including phenoxy) is 1. The molecule has 0 saturated carbocycles. The molecule has 1 unspecified atom stereocenters. The van der Waals surface area contributed by atoms with Gasteiger partial charge in [-0.05, 0) is 43.2 Å². The Bertz CT molecular complexity index is 955. The molecule has 1 aliphatic heterocycles. The minimum atomic E-state index is -0.730. The Morgan fingerprint density at radius 1 is 1.03 bits per heavy atom. The van der Waals surface area contributed by atoms with Crippen molar-refractivity contribution in [1.29, 1.82) is 0 Å². The summed E-state index contributed by atoms with van der Waals surface area (Å²) in [7, 11) is 0. The molecular weight excluding hydrogens is 372 g/mol. The maximum Gasteiger partial charge on any atom is 0.311 e. The molecule has 0 aromatic heterocycles. The minimum absolute atomic E-state index is 0.00801. The lowest BCUT2D eigenvalue weighted by atomic mass is 10.0. The van der Waals surface area contributed by atoms with Gasteiger partial charge in [-0.15, -0.1) is 0 Å². The Morgan fingerprint density at radius 3 is 2.45 bits per heavy atom. The fraction of sp³-hybridized carbons (Fsp3) is 0.273. The van der Waals surface area contributed by atoms with E-state index < -0.39 is 17.8 Å². The highest BCUT2D eigenvalue weighted by Gasteiger charge is 2.36. The molecule has 2 amide bonds. The van der Waals surface area contributed by atoms with Gasteiger partial charge in [-0.25, -0.2) is 0 Å². The van der Waals surface area contributed by atoms with E-state index in [2.05, 4.69) is 5.43 Å². The number of carbonyl (C=O) groups excluding carboxylic acids is 4. The molecule has 2 aromatic carbocycles. The van der Waals surface area contributed by atoms with Gasteiger partial charge in [0.05, 0.1) is 12.5 Å². The second kappa shape index (κ2) is 8.68. The molecule has 2 aromatic rings. The molecule has 0 radical (unpaired) electrons. The summed E-state index contributed by atoms with van der Waals surface area (Å²) in [5, 5.41) is 1.12. The Labute approximate surface area is 168 Å². The van der Waals surface area contributed by atoms with Gasteiger partial charge in [0, 0.05) is 17.5 Å². The van der Waals surface area contributed by atoms with Gasteiger partial charge in [-0.1, -0.05) is 30.3 Å². The molecule has 7 nitrogen and oxygen atoms in total. The molecule has 1 saturated heterocycles. The van der Waals surface area contributed by atoms with Gasteiger partial charge in [-0.3, -0.25) is 29.6 Å². The Kier molecular flexibility index (Phi) is 6.07. The summed E-state index contributed by atoms with van der Waals surface area (Å²) in [6.07, 6.45) is -0.0776. The highest BCUT2D eigenvalue weighted by atomic mass is 16.5. The van der Waals surface area contributed by atoms with E-state index in [-0.39, 0.29) is 31.3 Å². The summed E-state index contributed by atoms with van der Waals surface area (Å²) in [5.41, 5.74) is 5.43. The highest BCUT2D eigenvalue weighted by molar-refractivity contribution is 5.99. The fourth-order valence-corrected chi connectivity index (χ4v) is 3.00. The average Bonchev–Trinajstić information content (AvgIpc) is 3.09. The van der Waals surface area contributed by atoms with Crippen LogP contribution in [0.25, 0.3) is 0 Å². The molecule has 1 heterocycles. The number of Topliss-reactive ketones (excluding diaryl/α,β-unsaturated/α-hetero) is 1. The molecule has 1 N–H and O–H groups in total. The van der Waals surface area contributed by atoms with Crippen LogP contribution in [-0.2, 0) is 14.3 Å². The molecule has 1 aliphatic rings. The van der Waals surface area contributed by atoms with Crippen molar-refractivity contribution in [2.24, 2.45) is 5.92 Å². The maximum atomic E-state index is 12.3. The molecule has 0 spiro atoms. The number of hydrogen-bond acceptors (Lipinski definition) is 5. The number of esters is 1. The van der Waals surface area contributed by atoms with Crippen LogP contribution in [0.5, 0.6) is 0 Å². The largest absolute Gasteiger partial charge is 0.457 e. The van der Waals surface area contributed by atoms with Crippen molar-refractivity contribution in [1.82, 2.24) is 10.4 Å². The summed E-state index contributed by atoms with van der Waals surface area (Å²) < 4.78 is 5.12. The van der Waals surface area contributed by atoms with Crippen LogP contribution in [-0.4, -0.2) is 41.7 Å². The van der Waals surface area contributed by atoms with E-state index in [1.165, 1.54) is 0 Å². The molecule has 29 heavy (non-hydrogen) atoms. The van der Waals surface area contributed by atoms with E-state index in [1.807, 2.05) is 19.9 Å². The zero-order valence-electron chi connectivity index (χ0n) is 16.3. The Morgan fingerprint density at radius 2 is 1.76 bits per heavy atom. The average molecular weight is 394 g/mol. The van der Waals surface area contributed by atoms with Crippen LogP contribution in [0, 0.1) is 19.8 Å². The number of aryl methyl sites for hydroxylation is 2. The molecule has 3 rings (SSSR count). The number of nitrogens with zero attached hydrogens (tertiary/aromatic N) is 1. The van der Waals surface area contributed by atoms with E-state index in [0.717, 1.165) is 16.1 Å². The van der Waals surface area contributed by atoms with E-state index >= 15 is 0 Å². The Hall–Kier alpha value is -3.48. The second-order valence-corrected chi connectivity index (χ2v) is 7.04. The summed E-state index contributed by atoms with van der Waals surface area (Å²) in [4.78, 5) is 48.8. The summed E-state index contributed by atoms with van der Waals surface area (Å²) >= 11 is 0. The van der Waals surface area contributed by atoms with Gasteiger partial charge in [-0.2, -0.15) is 0 Å². The predicted octanol–water partition coefficient (Wildman–Crippen LogP) is 2.22. The number of benzene rings is 2. The first-order valence-electron chi connectivity index (χ1n) is 9.28. The van der Waals surface area contributed by atoms with Crippen molar-refractivity contribution in [3.05, 3.63) is 70.8 Å². The van der Waals surface area contributed by atoms with Crippen LogP contribution in [0.1, 0.15) is 38.3 Å². The number of hydrazine groups is 1. The fourth-order valence-electron chi connectivity index (χ4n) is 3.00. The van der Waals surface area contributed by atoms with Crippen molar-refractivity contribution in [2.75, 3.05) is 13.2 Å². The molecular formula is C22H22N2O5. The van der Waals surface area contributed by atoms with Crippen molar-refractivity contribution in [2.45, 2.75) is 20.3 Å².